The van der Waals surface area contributed by atoms with Gasteiger partial charge in [0.1, 0.15) is 5.82 Å². The number of carbonyl (C=O) groups excluding carboxylic acids is 1. The number of anilines is 2. The van der Waals surface area contributed by atoms with Crippen molar-refractivity contribution < 1.29 is 13.2 Å². The predicted octanol–water partition coefficient (Wildman–Crippen LogP) is 4.28. The highest BCUT2D eigenvalue weighted by Crippen LogP contribution is 2.28. The molecule has 1 aliphatic heterocycles. The summed E-state index contributed by atoms with van der Waals surface area (Å²) in [6.07, 6.45) is 1.27. The van der Waals surface area contributed by atoms with Crippen LogP contribution < -0.4 is 5.32 Å². The molecule has 0 aliphatic carbocycles. The van der Waals surface area contributed by atoms with Crippen LogP contribution in [0.1, 0.15) is 26.7 Å². The minimum Gasteiger partial charge on any atom is -0.340 e. The Balaban J connectivity index is 1.55. The third-order valence-electron chi connectivity index (χ3n) is 5.90. The maximum absolute atomic E-state index is 13.2. The fourth-order valence-electron chi connectivity index (χ4n) is 4.07. The molecule has 0 saturated carbocycles. The second-order valence-corrected chi connectivity index (χ2v) is 11.4. The van der Waals surface area contributed by atoms with E-state index in [1.807, 2.05) is 68.4 Å². The molecule has 0 bridgehead atoms. The van der Waals surface area contributed by atoms with Gasteiger partial charge in [-0.1, -0.05) is 49.0 Å². The zero-order valence-electron chi connectivity index (χ0n) is 18.8. The minimum atomic E-state index is -3.08. The van der Waals surface area contributed by atoms with Crippen molar-refractivity contribution in [1.29, 1.82) is 0 Å². The molecule has 2 heterocycles. The molecule has 1 N–H and O–H groups in total. The summed E-state index contributed by atoms with van der Waals surface area (Å²) in [4.78, 5) is 24.3. The van der Waals surface area contributed by atoms with E-state index in [4.69, 9.17) is 0 Å². The molecule has 1 saturated heterocycles. The molecular formula is C24H28N4O3S2. The van der Waals surface area contributed by atoms with Gasteiger partial charge in [0.2, 0.25) is 5.91 Å². The summed E-state index contributed by atoms with van der Waals surface area (Å²) in [6.45, 7) is 3.98. The SMILES string of the molecule is CCC(C)N(C(=O)CSc1nc(Nc2ccccc2)c2ccccc2n1)C1CCS(=O)(=O)C1. The van der Waals surface area contributed by atoms with E-state index in [0.29, 0.717) is 17.4 Å². The lowest BCUT2D eigenvalue weighted by molar-refractivity contribution is -0.132. The molecule has 2 aromatic carbocycles. The van der Waals surface area contributed by atoms with Crippen LogP contribution in [0.2, 0.25) is 0 Å². The fourth-order valence-corrected chi connectivity index (χ4v) is 6.51. The molecule has 7 nitrogen and oxygen atoms in total. The molecule has 3 aromatic rings. The molecule has 0 radical (unpaired) electrons. The first-order chi connectivity index (χ1) is 15.9. The van der Waals surface area contributed by atoms with Crippen molar-refractivity contribution in [3.05, 3.63) is 54.6 Å². The van der Waals surface area contributed by atoms with Gasteiger partial charge < -0.3 is 10.2 Å². The fraction of sp³-hybridized carbons (Fsp3) is 0.375. The van der Waals surface area contributed by atoms with Crippen LogP contribution in [0, 0.1) is 0 Å². The smallest absolute Gasteiger partial charge is 0.233 e. The number of fused-ring (bicyclic) bond motifs is 1. The number of nitrogens with zero attached hydrogens (tertiary/aromatic N) is 3. The van der Waals surface area contributed by atoms with E-state index in [1.165, 1.54) is 11.8 Å². The Morgan fingerprint density at radius 3 is 2.58 bits per heavy atom. The normalized spacial score (nSPS) is 18.2. The summed E-state index contributed by atoms with van der Waals surface area (Å²) < 4.78 is 24.0. The topological polar surface area (TPSA) is 92.3 Å². The summed E-state index contributed by atoms with van der Waals surface area (Å²) in [6, 6.07) is 17.3. The van der Waals surface area contributed by atoms with E-state index in [2.05, 4.69) is 15.3 Å². The number of amides is 1. The van der Waals surface area contributed by atoms with Crippen LogP contribution in [0.15, 0.2) is 59.8 Å². The number of aromatic nitrogens is 2. The van der Waals surface area contributed by atoms with Crippen molar-refractivity contribution in [1.82, 2.24) is 14.9 Å². The van der Waals surface area contributed by atoms with Gasteiger partial charge in [0.15, 0.2) is 15.0 Å². The Morgan fingerprint density at radius 1 is 1.15 bits per heavy atom. The van der Waals surface area contributed by atoms with Crippen molar-refractivity contribution in [2.75, 3.05) is 22.6 Å². The van der Waals surface area contributed by atoms with Crippen LogP contribution in [0.5, 0.6) is 0 Å². The first-order valence-electron chi connectivity index (χ1n) is 11.1. The van der Waals surface area contributed by atoms with Gasteiger partial charge >= 0.3 is 0 Å². The van der Waals surface area contributed by atoms with Gasteiger partial charge in [-0.25, -0.2) is 18.4 Å². The summed E-state index contributed by atoms with van der Waals surface area (Å²) >= 11 is 1.28. The Hall–Kier alpha value is -2.65. The molecule has 1 aliphatic rings. The molecule has 1 amide bonds. The molecule has 1 aromatic heterocycles. The van der Waals surface area contributed by atoms with Gasteiger partial charge in [0.05, 0.1) is 22.8 Å². The van der Waals surface area contributed by atoms with Crippen molar-refractivity contribution >= 4 is 49.9 Å². The van der Waals surface area contributed by atoms with E-state index in [9.17, 15) is 13.2 Å². The number of thioether (sulfide) groups is 1. The molecule has 174 valence electrons. The van der Waals surface area contributed by atoms with Gasteiger partial charge in [-0.2, -0.15) is 0 Å². The number of para-hydroxylation sites is 2. The predicted molar refractivity (Wildman–Crippen MR) is 134 cm³/mol. The van der Waals surface area contributed by atoms with Crippen LogP contribution in [-0.4, -0.2) is 58.5 Å². The first-order valence-corrected chi connectivity index (χ1v) is 13.9. The van der Waals surface area contributed by atoms with E-state index in [0.717, 1.165) is 23.0 Å². The quantitative estimate of drug-likeness (QED) is 0.377. The summed E-state index contributed by atoms with van der Waals surface area (Å²) in [5.74, 6) is 0.955. The molecule has 2 atom stereocenters. The molecule has 0 spiro atoms. The van der Waals surface area contributed by atoms with Crippen molar-refractivity contribution in [2.45, 2.75) is 43.9 Å². The number of rotatable bonds is 8. The lowest BCUT2D eigenvalue weighted by Crippen LogP contribution is -2.47. The Labute approximate surface area is 198 Å². The largest absolute Gasteiger partial charge is 0.340 e. The van der Waals surface area contributed by atoms with E-state index in [-0.39, 0.29) is 35.2 Å². The third kappa shape index (κ3) is 5.65. The number of carbonyl (C=O) groups is 1. The second kappa shape index (κ2) is 10.1. The van der Waals surface area contributed by atoms with Crippen molar-refractivity contribution in [2.24, 2.45) is 0 Å². The summed E-state index contributed by atoms with van der Waals surface area (Å²) in [5, 5.41) is 4.75. The van der Waals surface area contributed by atoms with E-state index >= 15 is 0 Å². The van der Waals surface area contributed by atoms with Crippen LogP contribution in [0.3, 0.4) is 0 Å². The molecule has 9 heteroatoms. The van der Waals surface area contributed by atoms with Gasteiger partial charge in [0, 0.05) is 23.2 Å². The molecular weight excluding hydrogens is 456 g/mol. The Morgan fingerprint density at radius 2 is 1.88 bits per heavy atom. The van der Waals surface area contributed by atoms with Crippen molar-refractivity contribution in [3.63, 3.8) is 0 Å². The lowest BCUT2D eigenvalue weighted by atomic mass is 10.1. The monoisotopic (exact) mass is 484 g/mol. The number of sulfone groups is 1. The van der Waals surface area contributed by atoms with Crippen LogP contribution in [-0.2, 0) is 14.6 Å². The van der Waals surface area contributed by atoms with Gasteiger partial charge in [0.25, 0.3) is 0 Å². The minimum absolute atomic E-state index is 0.0239. The Bertz CT molecular complexity index is 1230. The average molecular weight is 485 g/mol. The maximum Gasteiger partial charge on any atom is 0.233 e. The second-order valence-electron chi connectivity index (χ2n) is 8.27. The molecule has 4 rings (SSSR count). The number of hydrogen-bond donors (Lipinski definition) is 1. The number of hydrogen-bond acceptors (Lipinski definition) is 7. The van der Waals surface area contributed by atoms with Crippen molar-refractivity contribution in [3.8, 4) is 0 Å². The highest BCUT2D eigenvalue weighted by Gasteiger charge is 2.36. The molecule has 2 unspecified atom stereocenters. The zero-order valence-corrected chi connectivity index (χ0v) is 20.4. The standard InChI is InChI=1S/C24H28N4O3S2/c1-3-17(2)28(19-13-14-33(30,31)16-19)22(29)15-32-24-26-21-12-8-7-11-20(21)23(27-24)25-18-9-5-4-6-10-18/h4-12,17,19H,3,13-16H2,1-2H3,(H,25,26,27). The average Bonchev–Trinajstić information content (AvgIpc) is 3.17. The van der Waals surface area contributed by atoms with Crippen LogP contribution in [0.4, 0.5) is 11.5 Å². The van der Waals surface area contributed by atoms with Gasteiger partial charge in [-0.3, -0.25) is 4.79 Å². The molecule has 33 heavy (non-hydrogen) atoms. The number of nitrogens with one attached hydrogen (secondary N) is 1. The summed E-state index contributed by atoms with van der Waals surface area (Å²) in [7, 11) is -3.08. The van der Waals surface area contributed by atoms with E-state index < -0.39 is 9.84 Å². The summed E-state index contributed by atoms with van der Waals surface area (Å²) in [5.41, 5.74) is 1.71. The lowest BCUT2D eigenvalue weighted by Gasteiger charge is -2.33. The highest BCUT2D eigenvalue weighted by molar-refractivity contribution is 7.99. The number of benzene rings is 2. The van der Waals surface area contributed by atoms with E-state index in [1.54, 1.807) is 4.90 Å². The maximum atomic E-state index is 13.2. The molecule has 1 fully saturated rings. The Kier molecular flexibility index (Phi) is 7.19. The zero-order chi connectivity index (χ0) is 23.4. The highest BCUT2D eigenvalue weighted by atomic mass is 32.2. The first kappa shape index (κ1) is 23.5. The van der Waals surface area contributed by atoms with Gasteiger partial charge in [-0.05, 0) is 44.0 Å². The van der Waals surface area contributed by atoms with Crippen LogP contribution in [0.25, 0.3) is 10.9 Å². The van der Waals surface area contributed by atoms with Crippen LogP contribution >= 0.6 is 11.8 Å². The third-order valence-corrected chi connectivity index (χ3v) is 8.48. The van der Waals surface area contributed by atoms with Gasteiger partial charge in [-0.15, -0.1) is 0 Å².